The molecule has 1 saturated heterocycles. The maximum atomic E-state index is 13.7. The van der Waals surface area contributed by atoms with Crippen molar-refractivity contribution in [3.05, 3.63) is 58.4 Å². The van der Waals surface area contributed by atoms with E-state index in [0.29, 0.717) is 36.8 Å². The van der Waals surface area contributed by atoms with Crippen LogP contribution in [0.2, 0.25) is 0 Å². The molecule has 1 unspecified atom stereocenters. The summed E-state index contributed by atoms with van der Waals surface area (Å²) in [5, 5.41) is 3.91. The lowest BCUT2D eigenvalue weighted by molar-refractivity contribution is -0.117. The van der Waals surface area contributed by atoms with Gasteiger partial charge in [-0.05, 0) is 60.9 Å². The van der Waals surface area contributed by atoms with Crippen LogP contribution >= 0.6 is 0 Å². The number of hydrogen-bond acceptors (Lipinski definition) is 6. The normalized spacial score (nSPS) is 22.1. The molecule has 3 N–H and O–H groups in total. The summed E-state index contributed by atoms with van der Waals surface area (Å²) in [6.45, 7) is 1.59. The van der Waals surface area contributed by atoms with Crippen molar-refractivity contribution in [2.75, 3.05) is 17.6 Å². The van der Waals surface area contributed by atoms with Gasteiger partial charge in [0.2, 0.25) is 5.91 Å². The minimum absolute atomic E-state index is 0.0332. The Kier molecular flexibility index (Phi) is 4.09. The lowest BCUT2D eigenvalue weighted by Crippen LogP contribution is -2.39. The second kappa shape index (κ2) is 6.99. The number of fused-ring (bicyclic) bond motifs is 5. The minimum Gasteiger partial charge on any atom is -0.383 e. The Hall–Kier alpha value is -3.52. The summed E-state index contributed by atoms with van der Waals surface area (Å²) in [7, 11) is 0. The van der Waals surface area contributed by atoms with Gasteiger partial charge in [-0.15, -0.1) is 0 Å². The van der Waals surface area contributed by atoms with E-state index >= 15 is 0 Å². The summed E-state index contributed by atoms with van der Waals surface area (Å²) >= 11 is 0. The van der Waals surface area contributed by atoms with Crippen LogP contribution in [0.4, 0.5) is 11.5 Å². The van der Waals surface area contributed by atoms with Crippen molar-refractivity contribution in [2.45, 2.75) is 56.8 Å². The second-order valence-corrected chi connectivity index (χ2v) is 9.89. The predicted octanol–water partition coefficient (Wildman–Crippen LogP) is 3.59. The van der Waals surface area contributed by atoms with Crippen LogP contribution in [0, 0.1) is 0 Å². The molecule has 1 aromatic carbocycles. The molecule has 2 amide bonds. The van der Waals surface area contributed by atoms with E-state index in [1.165, 1.54) is 0 Å². The highest BCUT2D eigenvalue weighted by Gasteiger charge is 2.56. The number of benzene rings is 1. The van der Waals surface area contributed by atoms with Crippen LogP contribution in [0.5, 0.6) is 0 Å². The third-order valence-electron chi connectivity index (χ3n) is 7.97. The first-order valence-corrected chi connectivity index (χ1v) is 12.0. The van der Waals surface area contributed by atoms with Crippen molar-refractivity contribution in [3.63, 3.8) is 0 Å². The molecule has 3 aromatic rings. The number of hydrogen-bond donors (Lipinski definition) is 2. The molecule has 1 saturated carbocycles. The van der Waals surface area contributed by atoms with Gasteiger partial charge in [0.05, 0.1) is 36.4 Å². The van der Waals surface area contributed by atoms with Crippen molar-refractivity contribution in [3.8, 4) is 0 Å². The quantitative estimate of drug-likeness (QED) is 0.611. The molecule has 5 heterocycles. The Morgan fingerprint density at radius 1 is 1.18 bits per heavy atom. The molecule has 3 aliphatic heterocycles. The third-order valence-corrected chi connectivity index (χ3v) is 7.97. The number of nitrogens with zero attached hydrogens (tertiary/aromatic N) is 3. The number of carbonyl (C=O) groups excluding carboxylic acids is 2. The Bertz CT molecular complexity index is 1400. The highest BCUT2D eigenvalue weighted by Crippen LogP contribution is 2.55. The van der Waals surface area contributed by atoms with Crippen LogP contribution < -0.4 is 11.1 Å². The lowest BCUT2D eigenvalue weighted by Gasteiger charge is -2.36. The molecule has 1 atom stereocenters. The fraction of sp³-hybridized carbons (Fsp3) is 0.385. The zero-order chi connectivity index (χ0) is 23.0. The predicted molar refractivity (Wildman–Crippen MR) is 126 cm³/mol. The number of anilines is 2. The maximum absolute atomic E-state index is 13.7. The number of nitrogens with two attached hydrogens (primary N) is 1. The van der Waals surface area contributed by atoms with Gasteiger partial charge in [0, 0.05) is 23.2 Å². The first-order valence-electron chi connectivity index (χ1n) is 12.0. The second-order valence-electron chi connectivity index (χ2n) is 9.89. The third kappa shape index (κ3) is 2.75. The van der Waals surface area contributed by atoms with Crippen LogP contribution in [0.25, 0.3) is 10.9 Å². The SMILES string of the molecule is Nc1nc2cnc(C(=O)N3CCCCC3c3ccc4c(c3)C3(CC3)C(=O)N4)cc2c2c1COC2. The topological polar surface area (TPSA) is 110 Å². The molecule has 0 radical (unpaired) electrons. The monoisotopic (exact) mass is 455 g/mol. The van der Waals surface area contributed by atoms with Crippen LogP contribution in [-0.4, -0.2) is 33.2 Å². The molecule has 4 aliphatic rings. The molecule has 8 heteroatoms. The number of rotatable bonds is 2. The fourth-order valence-corrected chi connectivity index (χ4v) is 5.92. The van der Waals surface area contributed by atoms with Crippen LogP contribution in [0.3, 0.4) is 0 Å². The zero-order valence-corrected chi connectivity index (χ0v) is 18.8. The van der Waals surface area contributed by atoms with Crippen LogP contribution in [0.1, 0.15) is 70.9 Å². The Morgan fingerprint density at radius 3 is 2.88 bits per heavy atom. The first-order chi connectivity index (χ1) is 16.5. The van der Waals surface area contributed by atoms with Crippen molar-refractivity contribution in [1.82, 2.24) is 14.9 Å². The number of carbonyl (C=O) groups is 2. The number of likely N-dealkylation sites (tertiary alicyclic amines) is 1. The highest BCUT2D eigenvalue weighted by molar-refractivity contribution is 6.08. The number of nitrogens with one attached hydrogen (secondary N) is 1. The number of ether oxygens (including phenoxy) is 1. The van der Waals surface area contributed by atoms with E-state index in [9.17, 15) is 9.59 Å². The summed E-state index contributed by atoms with van der Waals surface area (Å²) < 4.78 is 5.60. The Balaban J connectivity index is 1.25. The minimum atomic E-state index is -0.341. The Labute approximate surface area is 196 Å². The summed E-state index contributed by atoms with van der Waals surface area (Å²) in [5.41, 5.74) is 11.8. The van der Waals surface area contributed by atoms with Crippen molar-refractivity contribution in [1.29, 1.82) is 0 Å². The van der Waals surface area contributed by atoms with Crippen molar-refractivity contribution >= 4 is 34.2 Å². The molecule has 34 heavy (non-hydrogen) atoms. The lowest BCUT2D eigenvalue weighted by atomic mass is 9.90. The van der Waals surface area contributed by atoms with E-state index in [0.717, 1.165) is 65.4 Å². The van der Waals surface area contributed by atoms with E-state index in [2.05, 4.69) is 27.4 Å². The average molecular weight is 456 g/mol. The van der Waals surface area contributed by atoms with Gasteiger partial charge in [-0.2, -0.15) is 0 Å². The number of amides is 2. The van der Waals surface area contributed by atoms with Gasteiger partial charge in [-0.3, -0.25) is 9.59 Å². The van der Waals surface area contributed by atoms with E-state index in [4.69, 9.17) is 10.5 Å². The van der Waals surface area contributed by atoms with E-state index in [-0.39, 0.29) is 23.3 Å². The summed E-state index contributed by atoms with van der Waals surface area (Å²) in [6, 6.07) is 8.02. The molecular formula is C26H25N5O3. The highest BCUT2D eigenvalue weighted by atomic mass is 16.5. The summed E-state index contributed by atoms with van der Waals surface area (Å²) in [6.07, 6.45) is 6.36. The average Bonchev–Trinajstić information content (AvgIpc) is 3.42. The maximum Gasteiger partial charge on any atom is 0.272 e. The number of aromatic nitrogens is 2. The molecule has 1 spiro atoms. The van der Waals surface area contributed by atoms with Gasteiger partial charge in [-0.25, -0.2) is 9.97 Å². The molecule has 1 aliphatic carbocycles. The summed E-state index contributed by atoms with van der Waals surface area (Å²) in [4.78, 5) is 37.1. The standard InChI is InChI=1S/C26H25N5O3/c27-23-17-13-34-12-16(17)15-10-20(28-11-21(15)29-23)24(32)31-8-2-1-3-22(31)14-4-5-19-18(9-14)26(6-7-26)25(33)30-19/h4-5,9-11,22H,1-3,6-8,12-13H2,(H2,27,29)(H,30,33). The largest absolute Gasteiger partial charge is 0.383 e. The molecule has 0 bridgehead atoms. The van der Waals surface area contributed by atoms with Gasteiger partial charge < -0.3 is 20.7 Å². The molecule has 8 nitrogen and oxygen atoms in total. The van der Waals surface area contributed by atoms with E-state index in [1.54, 1.807) is 6.20 Å². The molecule has 2 aromatic heterocycles. The van der Waals surface area contributed by atoms with Gasteiger partial charge in [0.15, 0.2) is 0 Å². The Morgan fingerprint density at radius 2 is 2.03 bits per heavy atom. The van der Waals surface area contributed by atoms with E-state index < -0.39 is 0 Å². The fourth-order valence-electron chi connectivity index (χ4n) is 5.92. The number of pyridine rings is 2. The van der Waals surface area contributed by atoms with Crippen LogP contribution in [0.15, 0.2) is 30.5 Å². The van der Waals surface area contributed by atoms with Crippen LogP contribution in [-0.2, 0) is 28.2 Å². The van der Waals surface area contributed by atoms with Crippen molar-refractivity contribution in [2.24, 2.45) is 0 Å². The van der Waals surface area contributed by atoms with Crippen molar-refractivity contribution < 1.29 is 14.3 Å². The molecule has 172 valence electrons. The number of piperidine rings is 1. The number of nitrogen functional groups attached to an aromatic ring is 1. The summed E-state index contributed by atoms with van der Waals surface area (Å²) in [5.74, 6) is 0.504. The zero-order valence-electron chi connectivity index (χ0n) is 18.8. The van der Waals surface area contributed by atoms with Gasteiger partial charge in [0.25, 0.3) is 5.91 Å². The van der Waals surface area contributed by atoms with Gasteiger partial charge in [0.1, 0.15) is 11.5 Å². The van der Waals surface area contributed by atoms with Gasteiger partial charge >= 0.3 is 0 Å². The molecule has 7 rings (SSSR count). The van der Waals surface area contributed by atoms with Gasteiger partial charge in [-0.1, -0.05) is 12.1 Å². The molecular weight excluding hydrogens is 430 g/mol. The smallest absolute Gasteiger partial charge is 0.272 e. The first kappa shape index (κ1) is 19.9. The van der Waals surface area contributed by atoms with E-state index in [1.807, 2.05) is 17.0 Å². The molecule has 2 fully saturated rings.